The lowest BCUT2D eigenvalue weighted by Gasteiger charge is -2.15. The molecule has 0 saturated carbocycles. The average Bonchev–Trinajstić information content (AvgIpc) is 2.18. The van der Waals surface area contributed by atoms with E-state index >= 15 is 0 Å². The Bertz CT molecular complexity index is 341. The van der Waals surface area contributed by atoms with Crippen molar-refractivity contribution in [2.45, 2.75) is 26.3 Å². The maximum atomic E-state index is 10.9. The predicted octanol–water partition coefficient (Wildman–Crippen LogP) is 1.96. The molecule has 0 amide bonds. The summed E-state index contributed by atoms with van der Waals surface area (Å²) in [7, 11) is -0.702. The maximum absolute atomic E-state index is 10.9. The van der Waals surface area contributed by atoms with E-state index in [1.165, 1.54) is 0 Å². The molecule has 0 radical (unpaired) electrons. The molecule has 4 heteroatoms. The molecule has 3 nitrogen and oxygen atoms in total. The third kappa shape index (κ3) is 4.42. The van der Waals surface area contributed by atoms with Gasteiger partial charge < -0.3 is 5.32 Å². The van der Waals surface area contributed by atoms with E-state index in [-0.39, 0.29) is 0 Å². The Kier molecular flexibility index (Phi) is 4.75. The number of rotatable bonds is 5. The molecule has 1 aromatic rings. The molecule has 84 valence electrons. The number of hydrogen-bond donors (Lipinski definition) is 1. The first-order valence-corrected chi connectivity index (χ1v) is 6.79. The molecule has 0 aliphatic heterocycles. The Balaban J connectivity index is 2.47. The van der Waals surface area contributed by atoms with Crippen LogP contribution in [0.2, 0.25) is 0 Å². The van der Waals surface area contributed by atoms with Crippen LogP contribution in [0.25, 0.3) is 0 Å². The fourth-order valence-electron chi connectivity index (χ4n) is 1.32. The summed E-state index contributed by atoms with van der Waals surface area (Å²) >= 11 is 0. The van der Waals surface area contributed by atoms with Crippen LogP contribution in [0.4, 0.5) is 5.69 Å². The highest BCUT2D eigenvalue weighted by atomic mass is 32.2. The summed E-state index contributed by atoms with van der Waals surface area (Å²) in [5.41, 5.74) is 2.25. The molecule has 1 heterocycles. The zero-order chi connectivity index (χ0) is 11.3. The van der Waals surface area contributed by atoms with E-state index < -0.39 is 10.8 Å². The van der Waals surface area contributed by atoms with E-state index in [9.17, 15) is 4.21 Å². The van der Waals surface area contributed by atoms with Crippen LogP contribution in [0.15, 0.2) is 18.5 Å². The quantitative estimate of drug-likeness (QED) is 0.834. The Morgan fingerprint density at radius 1 is 1.60 bits per heavy atom. The van der Waals surface area contributed by atoms with Crippen LogP contribution in [0.3, 0.4) is 0 Å². The van der Waals surface area contributed by atoms with E-state index in [4.69, 9.17) is 0 Å². The fraction of sp³-hybridized carbons (Fsp3) is 0.545. The summed E-state index contributed by atoms with van der Waals surface area (Å²) in [6.07, 6.45) is 6.28. The molecule has 1 N–H and O–H groups in total. The lowest BCUT2D eigenvalue weighted by atomic mass is 10.2. The van der Waals surface area contributed by atoms with Crippen molar-refractivity contribution in [3.8, 4) is 0 Å². The Labute approximate surface area is 93.8 Å². The number of anilines is 1. The molecule has 0 aromatic carbocycles. The van der Waals surface area contributed by atoms with Gasteiger partial charge in [-0.1, -0.05) is 0 Å². The fourth-order valence-corrected chi connectivity index (χ4v) is 2.00. The standard InChI is InChI=1S/C11H18N2OS/c1-9-8-12-6-4-11(9)13-10(2)5-7-15(3)14/h4,6,8,10H,5,7H2,1-3H3,(H,12,13). The van der Waals surface area contributed by atoms with Gasteiger partial charge in [-0.25, -0.2) is 0 Å². The molecule has 0 spiro atoms. The van der Waals surface area contributed by atoms with Crippen molar-refractivity contribution in [3.05, 3.63) is 24.0 Å². The highest BCUT2D eigenvalue weighted by Crippen LogP contribution is 2.13. The lowest BCUT2D eigenvalue weighted by molar-refractivity contribution is 0.678. The van der Waals surface area contributed by atoms with Crippen molar-refractivity contribution < 1.29 is 4.21 Å². The summed E-state index contributed by atoms with van der Waals surface area (Å²) in [4.78, 5) is 4.04. The van der Waals surface area contributed by atoms with Crippen LogP contribution in [0.5, 0.6) is 0 Å². The summed E-state index contributed by atoms with van der Waals surface area (Å²) in [5, 5.41) is 3.39. The molecule has 0 aliphatic rings. The average molecular weight is 226 g/mol. The van der Waals surface area contributed by atoms with Gasteiger partial charge in [-0.15, -0.1) is 0 Å². The first kappa shape index (κ1) is 12.2. The zero-order valence-electron chi connectivity index (χ0n) is 9.49. The number of aromatic nitrogens is 1. The smallest absolute Gasteiger partial charge is 0.0402 e. The van der Waals surface area contributed by atoms with E-state index in [0.717, 1.165) is 23.4 Å². The van der Waals surface area contributed by atoms with Gasteiger partial charge >= 0.3 is 0 Å². The van der Waals surface area contributed by atoms with Crippen molar-refractivity contribution in [1.82, 2.24) is 4.98 Å². The number of pyridine rings is 1. The van der Waals surface area contributed by atoms with Crippen molar-refractivity contribution >= 4 is 16.5 Å². The number of nitrogens with one attached hydrogen (secondary N) is 1. The second-order valence-corrected chi connectivity index (χ2v) is 5.36. The van der Waals surface area contributed by atoms with E-state index in [1.807, 2.05) is 19.2 Å². The van der Waals surface area contributed by atoms with Crippen LogP contribution in [0, 0.1) is 6.92 Å². The molecular formula is C11H18N2OS. The number of nitrogens with zero attached hydrogens (tertiary/aromatic N) is 1. The SMILES string of the molecule is Cc1cnccc1NC(C)CCS(C)=O. The summed E-state index contributed by atoms with van der Waals surface area (Å²) < 4.78 is 10.9. The summed E-state index contributed by atoms with van der Waals surface area (Å²) in [6, 6.07) is 2.31. The molecule has 2 unspecified atom stereocenters. The maximum Gasteiger partial charge on any atom is 0.0402 e. The van der Waals surface area contributed by atoms with Crippen molar-refractivity contribution in [3.63, 3.8) is 0 Å². The monoisotopic (exact) mass is 226 g/mol. The number of aryl methyl sites for hydroxylation is 1. The van der Waals surface area contributed by atoms with Crippen molar-refractivity contribution in [1.29, 1.82) is 0 Å². The van der Waals surface area contributed by atoms with E-state index in [2.05, 4.69) is 17.2 Å². The number of hydrogen-bond acceptors (Lipinski definition) is 3. The third-order valence-electron chi connectivity index (χ3n) is 2.26. The first-order valence-electron chi connectivity index (χ1n) is 5.06. The molecule has 0 bridgehead atoms. The van der Waals surface area contributed by atoms with Gasteiger partial charge in [-0.05, 0) is 31.9 Å². The first-order chi connectivity index (χ1) is 7.09. The minimum Gasteiger partial charge on any atom is -0.382 e. The Morgan fingerprint density at radius 2 is 2.33 bits per heavy atom. The Morgan fingerprint density at radius 3 is 2.93 bits per heavy atom. The van der Waals surface area contributed by atoms with Gasteiger partial charge in [-0.3, -0.25) is 9.19 Å². The normalized spacial score (nSPS) is 14.6. The molecule has 15 heavy (non-hydrogen) atoms. The molecular weight excluding hydrogens is 208 g/mol. The van der Waals surface area contributed by atoms with E-state index in [1.54, 1.807) is 12.5 Å². The van der Waals surface area contributed by atoms with Crippen molar-refractivity contribution in [2.24, 2.45) is 0 Å². The summed E-state index contributed by atoms with van der Waals surface area (Å²) in [5.74, 6) is 0.748. The van der Waals surface area contributed by atoms with Gasteiger partial charge in [0.1, 0.15) is 0 Å². The lowest BCUT2D eigenvalue weighted by Crippen LogP contribution is -2.18. The zero-order valence-corrected chi connectivity index (χ0v) is 10.3. The van der Waals surface area contributed by atoms with Gasteiger partial charge in [0.05, 0.1) is 0 Å². The van der Waals surface area contributed by atoms with Gasteiger partial charge in [0.25, 0.3) is 0 Å². The highest BCUT2D eigenvalue weighted by molar-refractivity contribution is 7.84. The van der Waals surface area contributed by atoms with Gasteiger partial charge in [-0.2, -0.15) is 0 Å². The third-order valence-corrected chi connectivity index (χ3v) is 3.07. The second kappa shape index (κ2) is 5.85. The van der Waals surface area contributed by atoms with Crippen LogP contribution < -0.4 is 5.32 Å². The molecule has 0 saturated heterocycles. The molecule has 0 fully saturated rings. The van der Waals surface area contributed by atoms with Gasteiger partial charge in [0.2, 0.25) is 0 Å². The summed E-state index contributed by atoms with van der Waals surface area (Å²) in [6.45, 7) is 4.13. The molecule has 0 aliphatic carbocycles. The van der Waals surface area contributed by atoms with Crippen LogP contribution in [0.1, 0.15) is 18.9 Å². The van der Waals surface area contributed by atoms with E-state index in [0.29, 0.717) is 6.04 Å². The highest BCUT2D eigenvalue weighted by Gasteiger charge is 2.04. The van der Waals surface area contributed by atoms with Crippen LogP contribution in [-0.4, -0.2) is 27.2 Å². The predicted molar refractivity (Wildman–Crippen MR) is 65.6 cm³/mol. The van der Waals surface area contributed by atoms with Crippen molar-refractivity contribution in [2.75, 3.05) is 17.3 Å². The topological polar surface area (TPSA) is 42.0 Å². The molecule has 1 aromatic heterocycles. The van der Waals surface area contributed by atoms with Crippen LogP contribution in [-0.2, 0) is 10.8 Å². The molecule has 2 atom stereocenters. The van der Waals surface area contributed by atoms with Crippen LogP contribution >= 0.6 is 0 Å². The Hall–Kier alpha value is -0.900. The molecule has 1 rings (SSSR count). The minimum absolute atomic E-state index is 0.343. The van der Waals surface area contributed by atoms with Gasteiger partial charge in [0.15, 0.2) is 0 Å². The largest absolute Gasteiger partial charge is 0.382 e. The minimum atomic E-state index is -0.702. The van der Waals surface area contributed by atoms with Gasteiger partial charge in [0, 0.05) is 46.9 Å². The second-order valence-electron chi connectivity index (χ2n) is 3.80.